The van der Waals surface area contributed by atoms with E-state index in [0.29, 0.717) is 31.0 Å². The van der Waals surface area contributed by atoms with Crippen LogP contribution in [0.15, 0.2) is 16.6 Å². The van der Waals surface area contributed by atoms with Crippen LogP contribution in [-0.4, -0.2) is 61.0 Å². The molecule has 25 heavy (non-hydrogen) atoms. The van der Waals surface area contributed by atoms with Gasteiger partial charge in [0, 0.05) is 17.6 Å². The molecule has 0 unspecified atom stereocenters. The second kappa shape index (κ2) is 8.21. The van der Waals surface area contributed by atoms with Gasteiger partial charge in [-0.1, -0.05) is 0 Å². The predicted octanol–water partition coefficient (Wildman–Crippen LogP) is 2.82. The molecule has 0 bridgehead atoms. The number of aromatic nitrogens is 1. The molecule has 0 saturated heterocycles. The fraction of sp³-hybridized carbons (Fsp3) is 0.500. The highest BCUT2D eigenvalue weighted by molar-refractivity contribution is 9.10. The number of aliphatic hydroxyl groups excluding tert-OH is 1. The number of carbonyl (C=O) groups excluding carboxylic acids is 1. The Bertz CT molecular complexity index is 770. The molecule has 1 aromatic carbocycles. The first-order chi connectivity index (χ1) is 11.8. The molecule has 2 rings (SSSR count). The van der Waals surface area contributed by atoms with Crippen LogP contribution in [0.5, 0.6) is 5.75 Å². The highest BCUT2D eigenvalue weighted by Gasteiger charge is 2.23. The van der Waals surface area contributed by atoms with Gasteiger partial charge in [0.15, 0.2) is 0 Å². The number of fused-ring (bicyclic) bond motifs is 1. The number of nitrogens with zero attached hydrogens (tertiary/aromatic N) is 2. The molecule has 0 spiro atoms. The maximum Gasteiger partial charge on any atom is 0.340 e. The van der Waals surface area contributed by atoms with E-state index in [1.165, 1.54) is 0 Å². The number of ether oxygens (including phenoxy) is 2. The Morgan fingerprint density at radius 3 is 2.64 bits per heavy atom. The highest BCUT2D eigenvalue weighted by Crippen LogP contribution is 2.35. The van der Waals surface area contributed by atoms with Gasteiger partial charge >= 0.3 is 5.97 Å². The zero-order valence-corrected chi connectivity index (χ0v) is 16.9. The molecule has 1 N–H and O–H groups in total. The Hall–Kier alpha value is -1.57. The molecule has 0 aliphatic carbocycles. The van der Waals surface area contributed by atoms with E-state index in [0.717, 1.165) is 21.1 Å². The van der Waals surface area contributed by atoms with Crippen LogP contribution in [0.3, 0.4) is 0 Å². The maximum atomic E-state index is 12.5. The average molecular weight is 413 g/mol. The lowest BCUT2D eigenvalue weighted by molar-refractivity contribution is 0.0526. The molecule has 0 aliphatic rings. The lowest BCUT2D eigenvalue weighted by Gasteiger charge is -2.18. The van der Waals surface area contributed by atoms with Crippen LogP contribution in [0.1, 0.15) is 23.0 Å². The molecule has 0 amide bonds. The summed E-state index contributed by atoms with van der Waals surface area (Å²) in [6.45, 7) is 4.88. The summed E-state index contributed by atoms with van der Waals surface area (Å²) in [5.41, 5.74) is 2.14. The molecule has 6 nitrogen and oxygen atoms in total. The van der Waals surface area contributed by atoms with Gasteiger partial charge in [-0.3, -0.25) is 0 Å². The summed E-state index contributed by atoms with van der Waals surface area (Å²) in [7, 11) is 5.41. The van der Waals surface area contributed by atoms with Crippen LogP contribution in [0.4, 0.5) is 0 Å². The van der Waals surface area contributed by atoms with Crippen molar-refractivity contribution in [3.8, 4) is 5.75 Å². The van der Waals surface area contributed by atoms with Crippen molar-refractivity contribution in [3.05, 3.63) is 27.9 Å². The molecule has 138 valence electrons. The molecule has 2 aromatic rings. The minimum absolute atomic E-state index is 0.307. The number of likely N-dealkylation sites (N-methyl/N-ethyl adjacent to an activating group) is 1. The van der Waals surface area contributed by atoms with E-state index in [-0.39, 0.29) is 5.97 Å². The van der Waals surface area contributed by atoms with Gasteiger partial charge in [-0.15, -0.1) is 0 Å². The zero-order chi connectivity index (χ0) is 18.7. The standard InChI is InChI=1S/C18H25BrN2O4/c1-6-25-18(23)17-11(2)21(10-12(22)9-20(3)4)15-8-14(19)16(24-5)7-13(15)17/h7-8,12,22H,6,9-10H2,1-5H3/t12-/m0/s1. The Kier molecular flexibility index (Phi) is 6.48. The second-order valence-electron chi connectivity index (χ2n) is 6.21. The van der Waals surface area contributed by atoms with Crippen molar-refractivity contribution in [2.75, 3.05) is 34.4 Å². The monoisotopic (exact) mass is 412 g/mol. The number of rotatable bonds is 7. The van der Waals surface area contributed by atoms with E-state index in [4.69, 9.17) is 9.47 Å². The lowest BCUT2D eigenvalue weighted by atomic mass is 10.1. The van der Waals surface area contributed by atoms with Crippen LogP contribution in [0.2, 0.25) is 0 Å². The zero-order valence-electron chi connectivity index (χ0n) is 15.3. The normalized spacial score (nSPS) is 12.6. The van der Waals surface area contributed by atoms with Crippen LogP contribution in [-0.2, 0) is 11.3 Å². The Labute approximate surface area is 156 Å². The van der Waals surface area contributed by atoms with Crippen molar-refractivity contribution < 1.29 is 19.4 Å². The third-order valence-corrected chi connectivity index (χ3v) is 4.67. The fourth-order valence-corrected chi connectivity index (χ4v) is 3.51. The van der Waals surface area contributed by atoms with E-state index in [1.54, 1.807) is 14.0 Å². The topological polar surface area (TPSA) is 63.9 Å². The van der Waals surface area contributed by atoms with E-state index in [2.05, 4.69) is 15.9 Å². The van der Waals surface area contributed by atoms with Crippen LogP contribution >= 0.6 is 15.9 Å². The summed E-state index contributed by atoms with van der Waals surface area (Å²) >= 11 is 3.49. The Morgan fingerprint density at radius 1 is 1.40 bits per heavy atom. The van der Waals surface area contributed by atoms with Crippen LogP contribution in [0, 0.1) is 6.92 Å². The summed E-state index contributed by atoms with van der Waals surface area (Å²) < 4.78 is 13.3. The fourth-order valence-electron chi connectivity index (χ4n) is 3.02. The SMILES string of the molecule is CCOC(=O)c1c(C)n(C[C@@H](O)CN(C)C)c2cc(Br)c(OC)cc12. The molecule has 1 heterocycles. The third-order valence-electron chi connectivity index (χ3n) is 4.05. The number of hydrogen-bond donors (Lipinski definition) is 1. The average Bonchev–Trinajstić information content (AvgIpc) is 2.78. The lowest BCUT2D eigenvalue weighted by Crippen LogP contribution is -2.29. The molecule has 1 aromatic heterocycles. The number of hydrogen-bond acceptors (Lipinski definition) is 5. The second-order valence-corrected chi connectivity index (χ2v) is 7.07. The molecule has 0 aliphatic heterocycles. The summed E-state index contributed by atoms with van der Waals surface area (Å²) in [6, 6.07) is 3.74. The van der Waals surface area contributed by atoms with Gasteiger partial charge < -0.3 is 24.0 Å². The van der Waals surface area contributed by atoms with E-state index >= 15 is 0 Å². The van der Waals surface area contributed by atoms with Gasteiger partial charge in [-0.05, 0) is 56.0 Å². The predicted molar refractivity (Wildman–Crippen MR) is 101 cm³/mol. The largest absolute Gasteiger partial charge is 0.496 e. The van der Waals surface area contributed by atoms with Crippen LogP contribution in [0.25, 0.3) is 10.9 Å². The van der Waals surface area contributed by atoms with Crippen molar-refractivity contribution in [3.63, 3.8) is 0 Å². The summed E-state index contributed by atoms with van der Waals surface area (Å²) in [5, 5.41) is 11.1. The minimum Gasteiger partial charge on any atom is -0.496 e. The Morgan fingerprint density at radius 2 is 2.08 bits per heavy atom. The first kappa shape index (κ1) is 19.8. The quantitative estimate of drug-likeness (QED) is 0.708. The molecule has 1 atom stereocenters. The molecular formula is C18H25BrN2O4. The Balaban J connectivity index is 2.62. The number of carbonyl (C=O) groups is 1. The first-order valence-corrected chi connectivity index (χ1v) is 8.95. The summed E-state index contributed by atoms with van der Waals surface area (Å²) in [5.74, 6) is 0.277. The number of halogens is 1. The maximum absolute atomic E-state index is 12.5. The summed E-state index contributed by atoms with van der Waals surface area (Å²) in [4.78, 5) is 14.4. The van der Waals surface area contributed by atoms with Gasteiger partial charge in [0.25, 0.3) is 0 Å². The van der Waals surface area contributed by atoms with E-state index in [9.17, 15) is 9.90 Å². The van der Waals surface area contributed by atoms with Gasteiger partial charge in [-0.25, -0.2) is 4.79 Å². The molecule has 0 fully saturated rings. The molecular weight excluding hydrogens is 388 g/mol. The molecule has 7 heteroatoms. The van der Waals surface area contributed by atoms with Crippen molar-refractivity contribution in [1.29, 1.82) is 0 Å². The van der Waals surface area contributed by atoms with E-state index in [1.807, 2.05) is 42.6 Å². The summed E-state index contributed by atoms with van der Waals surface area (Å²) in [6.07, 6.45) is -0.555. The number of esters is 1. The number of methoxy groups -OCH3 is 1. The number of aliphatic hydroxyl groups is 1. The third kappa shape index (κ3) is 4.16. The smallest absolute Gasteiger partial charge is 0.340 e. The van der Waals surface area contributed by atoms with Crippen LogP contribution < -0.4 is 4.74 Å². The van der Waals surface area contributed by atoms with Gasteiger partial charge in [0.05, 0.1) is 41.9 Å². The van der Waals surface area contributed by atoms with E-state index < -0.39 is 6.10 Å². The molecule has 0 saturated carbocycles. The van der Waals surface area contributed by atoms with Crippen molar-refractivity contribution in [1.82, 2.24) is 9.47 Å². The number of benzene rings is 1. The van der Waals surface area contributed by atoms with Gasteiger partial charge in [0.1, 0.15) is 5.75 Å². The van der Waals surface area contributed by atoms with Gasteiger partial charge in [-0.2, -0.15) is 0 Å². The first-order valence-electron chi connectivity index (χ1n) is 8.16. The van der Waals surface area contributed by atoms with Crippen molar-refractivity contribution >= 4 is 32.8 Å². The van der Waals surface area contributed by atoms with Crippen molar-refractivity contribution in [2.24, 2.45) is 0 Å². The van der Waals surface area contributed by atoms with Crippen molar-refractivity contribution in [2.45, 2.75) is 26.5 Å². The highest BCUT2D eigenvalue weighted by atomic mass is 79.9. The van der Waals surface area contributed by atoms with Gasteiger partial charge in [0.2, 0.25) is 0 Å². The minimum atomic E-state index is -0.555. The molecule has 0 radical (unpaired) electrons.